The number of piperidine rings is 1. The molecule has 10 heteroatoms. The second-order valence-corrected chi connectivity index (χ2v) is 8.18. The summed E-state index contributed by atoms with van der Waals surface area (Å²) in [5, 5.41) is 8.20. The van der Waals surface area contributed by atoms with Gasteiger partial charge in [0.2, 0.25) is 5.95 Å². The molecular weight excluding hydrogens is 406 g/mol. The molecule has 1 fully saturated rings. The molecule has 2 N–H and O–H groups in total. The van der Waals surface area contributed by atoms with Crippen LogP contribution in [0.2, 0.25) is 0 Å². The molecule has 0 saturated carbocycles. The molecule has 1 aliphatic heterocycles. The van der Waals surface area contributed by atoms with Crippen LogP contribution in [0.4, 0.5) is 11.8 Å². The highest BCUT2D eigenvalue weighted by molar-refractivity contribution is 7.99. The summed E-state index contributed by atoms with van der Waals surface area (Å²) in [6.07, 6.45) is 7.90. The Labute approximate surface area is 181 Å². The molecule has 8 nitrogen and oxygen atoms in total. The fourth-order valence-corrected chi connectivity index (χ4v) is 4.01. The molecule has 1 aliphatic rings. The van der Waals surface area contributed by atoms with Gasteiger partial charge in [0.15, 0.2) is 10.3 Å². The van der Waals surface area contributed by atoms with E-state index < -0.39 is 0 Å². The van der Waals surface area contributed by atoms with Crippen molar-refractivity contribution >= 4 is 40.9 Å². The minimum Gasteiger partial charge on any atom is -0.385 e. The van der Waals surface area contributed by atoms with Gasteiger partial charge in [0.05, 0.1) is 0 Å². The van der Waals surface area contributed by atoms with E-state index in [9.17, 15) is 0 Å². The van der Waals surface area contributed by atoms with E-state index in [2.05, 4.69) is 37.4 Å². The first-order valence-corrected chi connectivity index (χ1v) is 11.0. The molecule has 3 heterocycles. The first kappa shape index (κ1) is 21.7. The van der Waals surface area contributed by atoms with E-state index in [4.69, 9.17) is 21.9 Å². The third-order valence-corrected chi connectivity index (χ3v) is 5.62. The molecule has 1 saturated heterocycles. The van der Waals surface area contributed by atoms with Gasteiger partial charge in [0.1, 0.15) is 10.8 Å². The molecule has 2 aromatic heterocycles. The van der Waals surface area contributed by atoms with Crippen molar-refractivity contribution in [3.05, 3.63) is 24.5 Å². The molecule has 2 aromatic rings. The summed E-state index contributed by atoms with van der Waals surface area (Å²) in [5.74, 6) is 1.37. The quantitative estimate of drug-likeness (QED) is 0.280. The third kappa shape index (κ3) is 6.76. The van der Waals surface area contributed by atoms with Gasteiger partial charge >= 0.3 is 0 Å². The maximum atomic E-state index is 5.39. The van der Waals surface area contributed by atoms with E-state index in [0.29, 0.717) is 28.9 Å². The highest BCUT2D eigenvalue weighted by atomic mass is 32.2. The standard InChI is InChI=1S/C19H27N7OS2/c1-14-7-3-4-11-26(14)15-13-16(29-19-21-8-5-9-22-19)24-17(23-15)25-18(28)20-10-6-12-27-2/h5,8-9,13-14H,3-4,6-7,10-12H2,1-2H3,(H2,20,23,24,25,28)/t14-/m0/s1. The zero-order chi connectivity index (χ0) is 20.5. The lowest BCUT2D eigenvalue weighted by Crippen LogP contribution is -2.38. The van der Waals surface area contributed by atoms with Crippen LogP contribution in [0.3, 0.4) is 0 Å². The van der Waals surface area contributed by atoms with Gasteiger partial charge in [-0.1, -0.05) is 0 Å². The summed E-state index contributed by atoms with van der Waals surface area (Å²) in [6.45, 7) is 4.64. The van der Waals surface area contributed by atoms with Gasteiger partial charge in [-0.15, -0.1) is 0 Å². The number of nitrogens with one attached hydrogen (secondary N) is 2. The monoisotopic (exact) mass is 433 g/mol. The van der Waals surface area contributed by atoms with Crippen molar-refractivity contribution < 1.29 is 4.74 Å². The van der Waals surface area contributed by atoms with Gasteiger partial charge in [0.25, 0.3) is 0 Å². The molecule has 0 bridgehead atoms. The van der Waals surface area contributed by atoms with Gasteiger partial charge in [-0.3, -0.25) is 0 Å². The normalized spacial score (nSPS) is 16.5. The number of rotatable bonds is 8. The summed E-state index contributed by atoms with van der Waals surface area (Å²) in [4.78, 5) is 20.3. The number of nitrogens with zero attached hydrogens (tertiary/aromatic N) is 5. The van der Waals surface area contributed by atoms with Crippen LogP contribution >= 0.6 is 24.0 Å². The van der Waals surface area contributed by atoms with Crippen molar-refractivity contribution in [2.45, 2.75) is 48.8 Å². The number of hydrogen-bond acceptors (Lipinski definition) is 8. The molecule has 156 valence electrons. The zero-order valence-electron chi connectivity index (χ0n) is 16.8. The van der Waals surface area contributed by atoms with Gasteiger partial charge in [-0.05, 0) is 62.7 Å². The van der Waals surface area contributed by atoms with Gasteiger partial charge in [0, 0.05) is 51.3 Å². The average Bonchev–Trinajstić information content (AvgIpc) is 2.72. The molecule has 0 aliphatic carbocycles. The zero-order valence-corrected chi connectivity index (χ0v) is 18.4. The van der Waals surface area contributed by atoms with Crippen molar-refractivity contribution in [2.75, 3.05) is 37.0 Å². The Morgan fingerprint density at radius 1 is 1.31 bits per heavy atom. The van der Waals surface area contributed by atoms with Gasteiger partial charge in [-0.25, -0.2) is 15.0 Å². The van der Waals surface area contributed by atoms with Crippen molar-refractivity contribution in [3.8, 4) is 0 Å². The number of aromatic nitrogens is 4. The Morgan fingerprint density at radius 2 is 2.14 bits per heavy atom. The topological polar surface area (TPSA) is 88.1 Å². The number of anilines is 2. The van der Waals surface area contributed by atoms with E-state index in [1.807, 2.05) is 6.07 Å². The molecule has 0 radical (unpaired) electrons. The fourth-order valence-electron chi connectivity index (χ4n) is 3.10. The molecule has 1 atom stereocenters. The lowest BCUT2D eigenvalue weighted by Gasteiger charge is -2.34. The first-order chi connectivity index (χ1) is 14.2. The SMILES string of the molecule is COCCCNC(=S)Nc1nc(Sc2ncccn2)cc(N2CCCC[C@@H]2C)n1. The molecule has 29 heavy (non-hydrogen) atoms. The van der Waals surface area contributed by atoms with E-state index in [-0.39, 0.29) is 0 Å². The molecule has 0 amide bonds. The highest BCUT2D eigenvalue weighted by Gasteiger charge is 2.21. The Bertz CT molecular complexity index is 793. The van der Waals surface area contributed by atoms with Crippen molar-refractivity contribution in [3.63, 3.8) is 0 Å². The predicted octanol–water partition coefficient (Wildman–Crippen LogP) is 3.12. The molecule has 0 aromatic carbocycles. The maximum absolute atomic E-state index is 5.39. The summed E-state index contributed by atoms with van der Waals surface area (Å²) < 4.78 is 5.06. The van der Waals surface area contributed by atoms with E-state index in [1.165, 1.54) is 24.6 Å². The van der Waals surface area contributed by atoms with Crippen LogP contribution in [0.25, 0.3) is 0 Å². The largest absolute Gasteiger partial charge is 0.385 e. The fraction of sp³-hybridized carbons (Fsp3) is 0.526. The first-order valence-electron chi connectivity index (χ1n) is 9.80. The smallest absolute Gasteiger partial charge is 0.232 e. The number of thiocarbonyl (C=S) groups is 1. The third-order valence-electron chi connectivity index (χ3n) is 4.56. The lowest BCUT2D eigenvalue weighted by atomic mass is 10.0. The number of methoxy groups -OCH3 is 1. The van der Waals surface area contributed by atoms with Crippen molar-refractivity contribution in [1.82, 2.24) is 25.3 Å². The minimum absolute atomic E-state index is 0.441. The van der Waals surface area contributed by atoms with E-state index in [1.54, 1.807) is 25.6 Å². The van der Waals surface area contributed by atoms with Crippen molar-refractivity contribution in [1.29, 1.82) is 0 Å². The predicted molar refractivity (Wildman–Crippen MR) is 120 cm³/mol. The van der Waals surface area contributed by atoms with Crippen LogP contribution in [0.1, 0.15) is 32.6 Å². The minimum atomic E-state index is 0.441. The summed E-state index contributed by atoms with van der Waals surface area (Å²) in [5.41, 5.74) is 0. The Kier molecular flexibility index (Phi) is 8.38. The van der Waals surface area contributed by atoms with Gasteiger partial charge < -0.3 is 20.3 Å². The lowest BCUT2D eigenvalue weighted by molar-refractivity contribution is 0.196. The maximum Gasteiger partial charge on any atom is 0.232 e. The van der Waals surface area contributed by atoms with E-state index >= 15 is 0 Å². The number of ether oxygens (including phenoxy) is 1. The Hall–Kier alpha value is -2.04. The second-order valence-electron chi connectivity index (χ2n) is 6.79. The van der Waals surface area contributed by atoms with Crippen molar-refractivity contribution in [2.24, 2.45) is 0 Å². The van der Waals surface area contributed by atoms with Crippen LogP contribution in [0, 0.1) is 0 Å². The summed E-state index contributed by atoms with van der Waals surface area (Å²) >= 11 is 6.81. The molecular formula is C19H27N7OS2. The molecule has 0 unspecified atom stereocenters. The molecule has 3 rings (SSSR count). The van der Waals surface area contributed by atoms with Crippen LogP contribution in [0.5, 0.6) is 0 Å². The van der Waals surface area contributed by atoms with Gasteiger partial charge in [-0.2, -0.15) is 4.98 Å². The Morgan fingerprint density at radius 3 is 2.90 bits per heavy atom. The number of hydrogen-bond donors (Lipinski definition) is 2. The Balaban J connectivity index is 1.77. The summed E-state index contributed by atoms with van der Waals surface area (Å²) in [7, 11) is 1.69. The van der Waals surface area contributed by atoms with Crippen LogP contribution in [-0.2, 0) is 4.74 Å². The van der Waals surface area contributed by atoms with Crippen LogP contribution in [0.15, 0.2) is 34.7 Å². The van der Waals surface area contributed by atoms with Crippen LogP contribution < -0.4 is 15.5 Å². The highest BCUT2D eigenvalue weighted by Crippen LogP contribution is 2.29. The van der Waals surface area contributed by atoms with Crippen LogP contribution in [-0.4, -0.2) is 57.9 Å². The second kappa shape index (κ2) is 11.2. The average molecular weight is 434 g/mol. The van der Waals surface area contributed by atoms with E-state index in [0.717, 1.165) is 36.8 Å². The summed E-state index contributed by atoms with van der Waals surface area (Å²) in [6, 6.07) is 4.24. The molecule has 0 spiro atoms.